The first kappa shape index (κ1) is 23.2. The number of hydrogen-bond acceptors (Lipinski definition) is 5. The maximum atomic E-state index is 9.55. The largest absolute Gasteiger partial charge is 0.478 e. The second kappa shape index (κ2) is 10.7. The normalized spacial score (nSPS) is 18.7. The lowest BCUT2D eigenvalue weighted by molar-refractivity contribution is -0.134. The molecule has 1 saturated heterocycles. The summed E-state index contributed by atoms with van der Waals surface area (Å²) in [7, 11) is 2.21. The third kappa shape index (κ3) is 6.50. The van der Waals surface area contributed by atoms with Crippen molar-refractivity contribution in [3.63, 3.8) is 0 Å². The number of carboxylic acids is 2. The van der Waals surface area contributed by atoms with Crippen molar-refractivity contribution in [2.45, 2.75) is 23.0 Å². The molecular formula is C23H24ClNO5S. The van der Waals surface area contributed by atoms with Gasteiger partial charge in [0.15, 0.2) is 0 Å². The standard InChI is InChI=1S/C19H20ClNOS.C4H4O4/c1-21-10-8-13(9-11-21)19-15-12-14(20)6-7-16(15)22-17-4-2-3-5-18(17)23-19;5-3(6)1-2-4(7)8/h2-7,12-13,19H,8-11H2,1H3;1-2H,(H,5,6)(H,7,8)/b;2-1+. The Balaban J connectivity index is 0.000000293. The number of para-hydroxylation sites is 1. The second-order valence-corrected chi connectivity index (χ2v) is 9.04. The van der Waals surface area contributed by atoms with Gasteiger partial charge in [-0.05, 0) is 69.2 Å². The quantitative estimate of drug-likeness (QED) is 0.597. The zero-order valence-electron chi connectivity index (χ0n) is 17.0. The summed E-state index contributed by atoms with van der Waals surface area (Å²) in [4.78, 5) is 22.8. The number of aliphatic carboxylic acids is 2. The summed E-state index contributed by atoms with van der Waals surface area (Å²) in [6, 6.07) is 14.4. The van der Waals surface area contributed by atoms with Crippen LogP contribution in [0.2, 0.25) is 5.02 Å². The van der Waals surface area contributed by atoms with E-state index < -0.39 is 11.9 Å². The number of piperidine rings is 1. The van der Waals surface area contributed by atoms with Gasteiger partial charge in [0.2, 0.25) is 0 Å². The van der Waals surface area contributed by atoms with Crippen molar-refractivity contribution in [3.8, 4) is 11.5 Å². The highest BCUT2D eigenvalue weighted by atomic mass is 35.5. The SMILES string of the molecule is CN1CCC(C2Sc3ccccc3Oc3ccc(Cl)cc32)CC1.O=C(O)/C=C/C(=O)O. The molecule has 8 heteroatoms. The Morgan fingerprint density at radius 2 is 1.71 bits per heavy atom. The minimum atomic E-state index is -1.26. The maximum Gasteiger partial charge on any atom is 0.328 e. The average Bonchev–Trinajstić information content (AvgIpc) is 2.90. The molecule has 1 fully saturated rings. The Kier molecular flexibility index (Phi) is 8.01. The van der Waals surface area contributed by atoms with Crippen molar-refractivity contribution >= 4 is 35.3 Å². The summed E-state index contributed by atoms with van der Waals surface area (Å²) < 4.78 is 6.21. The van der Waals surface area contributed by atoms with Gasteiger partial charge in [0.05, 0.1) is 4.90 Å². The number of rotatable bonds is 3. The zero-order chi connectivity index (χ0) is 22.4. The van der Waals surface area contributed by atoms with E-state index in [1.807, 2.05) is 30.0 Å². The highest BCUT2D eigenvalue weighted by Crippen LogP contribution is 2.53. The number of carboxylic acid groups (broad SMARTS) is 2. The van der Waals surface area contributed by atoms with Crippen LogP contribution in [0, 0.1) is 5.92 Å². The lowest BCUT2D eigenvalue weighted by Gasteiger charge is -2.34. The lowest BCUT2D eigenvalue weighted by Crippen LogP contribution is -2.32. The van der Waals surface area contributed by atoms with Gasteiger partial charge in [-0.15, -0.1) is 11.8 Å². The van der Waals surface area contributed by atoms with Crippen molar-refractivity contribution in [2.75, 3.05) is 20.1 Å². The van der Waals surface area contributed by atoms with Gasteiger partial charge in [0.25, 0.3) is 0 Å². The third-order valence-electron chi connectivity index (χ3n) is 5.16. The molecule has 2 N–H and O–H groups in total. The number of halogens is 1. The summed E-state index contributed by atoms with van der Waals surface area (Å²) in [5, 5.41) is 16.8. The minimum absolute atomic E-state index is 0.404. The molecule has 0 aliphatic carbocycles. The second-order valence-electron chi connectivity index (χ2n) is 7.42. The summed E-state index contributed by atoms with van der Waals surface area (Å²) in [5.41, 5.74) is 1.24. The van der Waals surface area contributed by atoms with E-state index in [-0.39, 0.29) is 0 Å². The van der Waals surface area contributed by atoms with Gasteiger partial charge in [-0.25, -0.2) is 9.59 Å². The topological polar surface area (TPSA) is 87.1 Å². The van der Waals surface area contributed by atoms with Crippen LogP contribution in [0.1, 0.15) is 23.7 Å². The van der Waals surface area contributed by atoms with Gasteiger partial charge in [-0.2, -0.15) is 0 Å². The number of thioether (sulfide) groups is 1. The number of ether oxygens (including phenoxy) is 1. The van der Waals surface area contributed by atoms with Crippen molar-refractivity contribution in [1.82, 2.24) is 4.90 Å². The van der Waals surface area contributed by atoms with Gasteiger partial charge >= 0.3 is 11.9 Å². The summed E-state index contributed by atoms with van der Waals surface area (Å²) in [5.74, 6) is 0.0512. The molecule has 6 nitrogen and oxygen atoms in total. The maximum absolute atomic E-state index is 9.55. The van der Waals surface area contributed by atoms with Gasteiger partial charge < -0.3 is 19.8 Å². The number of benzene rings is 2. The Hall–Kier alpha value is -2.48. The predicted octanol–water partition coefficient (Wildman–Crippen LogP) is 5.33. The fourth-order valence-corrected chi connectivity index (χ4v) is 5.22. The van der Waals surface area contributed by atoms with Gasteiger partial charge in [0.1, 0.15) is 11.5 Å². The van der Waals surface area contributed by atoms with Crippen LogP contribution in [0.3, 0.4) is 0 Å². The monoisotopic (exact) mass is 461 g/mol. The van der Waals surface area contributed by atoms with E-state index in [4.69, 9.17) is 26.6 Å². The van der Waals surface area contributed by atoms with Gasteiger partial charge in [0, 0.05) is 28.0 Å². The van der Waals surface area contributed by atoms with Crippen LogP contribution in [-0.4, -0.2) is 47.2 Å². The van der Waals surface area contributed by atoms with E-state index in [0.717, 1.165) is 16.5 Å². The predicted molar refractivity (Wildman–Crippen MR) is 121 cm³/mol. The highest BCUT2D eigenvalue weighted by Gasteiger charge is 2.32. The molecule has 31 heavy (non-hydrogen) atoms. The highest BCUT2D eigenvalue weighted by molar-refractivity contribution is 7.99. The molecule has 0 amide bonds. The number of fused-ring (bicyclic) bond motifs is 2. The van der Waals surface area contributed by atoms with E-state index in [2.05, 4.69) is 36.2 Å². The minimum Gasteiger partial charge on any atom is -0.478 e. The van der Waals surface area contributed by atoms with E-state index in [0.29, 0.717) is 23.3 Å². The van der Waals surface area contributed by atoms with Crippen LogP contribution in [0.25, 0.3) is 0 Å². The smallest absolute Gasteiger partial charge is 0.328 e. The molecule has 2 aromatic rings. The number of hydrogen-bond donors (Lipinski definition) is 2. The molecule has 4 rings (SSSR count). The molecule has 0 saturated carbocycles. The first-order valence-electron chi connectivity index (χ1n) is 9.89. The van der Waals surface area contributed by atoms with E-state index >= 15 is 0 Å². The summed E-state index contributed by atoms with van der Waals surface area (Å²) >= 11 is 8.23. The van der Waals surface area contributed by atoms with Gasteiger partial charge in [-0.1, -0.05) is 23.7 Å². The van der Waals surface area contributed by atoms with Crippen LogP contribution in [-0.2, 0) is 9.59 Å². The zero-order valence-corrected chi connectivity index (χ0v) is 18.6. The molecule has 2 aromatic carbocycles. The summed E-state index contributed by atoms with van der Waals surface area (Å²) in [6.07, 6.45) is 3.56. The average molecular weight is 462 g/mol. The third-order valence-corrected chi connectivity index (χ3v) is 6.88. The fourth-order valence-electron chi connectivity index (χ4n) is 3.61. The molecule has 1 atom stereocenters. The first-order valence-corrected chi connectivity index (χ1v) is 11.1. The van der Waals surface area contributed by atoms with Crippen LogP contribution in [0.4, 0.5) is 0 Å². The number of nitrogens with zero attached hydrogens (tertiary/aromatic N) is 1. The molecule has 0 spiro atoms. The molecule has 0 bridgehead atoms. The molecule has 1 unspecified atom stereocenters. The Labute approximate surface area is 190 Å². The van der Waals surface area contributed by atoms with Crippen LogP contribution in [0.15, 0.2) is 59.5 Å². The molecule has 2 heterocycles. The summed E-state index contributed by atoms with van der Waals surface area (Å²) in [6.45, 7) is 2.33. The molecule has 164 valence electrons. The fraction of sp³-hybridized carbons (Fsp3) is 0.304. The molecular weight excluding hydrogens is 438 g/mol. The van der Waals surface area contributed by atoms with E-state index in [1.165, 1.54) is 36.4 Å². The van der Waals surface area contributed by atoms with Crippen molar-refractivity contribution < 1.29 is 24.5 Å². The van der Waals surface area contributed by atoms with Crippen LogP contribution < -0.4 is 4.74 Å². The Bertz CT molecular complexity index is 956. The molecule has 2 aliphatic rings. The number of likely N-dealkylation sites (tertiary alicyclic amines) is 1. The first-order chi connectivity index (χ1) is 14.8. The molecule has 0 aromatic heterocycles. The van der Waals surface area contributed by atoms with Crippen LogP contribution >= 0.6 is 23.4 Å². The Morgan fingerprint density at radius 1 is 1.06 bits per heavy atom. The Morgan fingerprint density at radius 3 is 2.35 bits per heavy atom. The van der Waals surface area contributed by atoms with Crippen molar-refractivity contribution in [3.05, 3.63) is 65.2 Å². The van der Waals surface area contributed by atoms with Gasteiger partial charge in [-0.3, -0.25) is 0 Å². The van der Waals surface area contributed by atoms with Crippen molar-refractivity contribution in [1.29, 1.82) is 0 Å². The molecule has 2 aliphatic heterocycles. The van der Waals surface area contributed by atoms with Crippen molar-refractivity contribution in [2.24, 2.45) is 5.92 Å². The van der Waals surface area contributed by atoms with E-state index in [9.17, 15) is 9.59 Å². The lowest BCUT2D eigenvalue weighted by atomic mass is 9.89. The number of carbonyl (C=O) groups is 2. The van der Waals surface area contributed by atoms with Crippen LogP contribution in [0.5, 0.6) is 11.5 Å². The van der Waals surface area contributed by atoms with E-state index in [1.54, 1.807) is 0 Å². The molecule has 0 radical (unpaired) electrons.